The molecule has 0 heterocycles. The maximum Gasteiger partial charge on any atom is 0.0297 e. The lowest BCUT2D eigenvalue weighted by Gasteiger charge is -2.73. The van der Waals surface area contributed by atoms with Crippen LogP contribution in [0.25, 0.3) is 0 Å². The van der Waals surface area contributed by atoms with Crippen LogP contribution in [-0.4, -0.2) is 4.32 Å². The third-order valence-corrected chi connectivity index (χ3v) is 4.60. The van der Waals surface area contributed by atoms with Crippen molar-refractivity contribution in [3.63, 3.8) is 0 Å². The third-order valence-electron chi connectivity index (χ3n) is 3.42. The first-order chi connectivity index (χ1) is 3.80. The molecule has 0 spiro atoms. The van der Waals surface area contributed by atoms with Crippen molar-refractivity contribution in [1.82, 2.24) is 0 Å². The predicted molar refractivity (Wildman–Crippen MR) is 36.0 cm³/mol. The summed E-state index contributed by atoms with van der Waals surface area (Å²) < 4.78 is 0.695. The van der Waals surface area contributed by atoms with E-state index in [9.17, 15) is 0 Å². The second-order valence-corrected chi connectivity index (χ2v) is 5.30. The van der Waals surface area contributed by atoms with E-state index in [2.05, 4.69) is 15.9 Å². The molecule has 0 aliphatic heterocycles. The van der Waals surface area contributed by atoms with Crippen molar-refractivity contribution >= 4 is 15.9 Å². The van der Waals surface area contributed by atoms with Crippen LogP contribution in [0.1, 0.15) is 19.3 Å². The molecule has 44 valence electrons. The van der Waals surface area contributed by atoms with Gasteiger partial charge in [0.15, 0.2) is 0 Å². The Morgan fingerprint density at radius 1 is 1.25 bits per heavy atom. The first-order valence-electron chi connectivity index (χ1n) is 3.48. The molecule has 8 heavy (non-hydrogen) atoms. The summed E-state index contributed by atoms with van der Waals surface area (Å²) in [4.78, 5) is 0. The van der Waals surface area contributed by atoms with Crippen molar-refractivity contribution < 1.29 is 0 Å². The zero-order chi connectivity index (χ0) is 5.35. The molecule has 2 atom stereocenters. The second kappa shape index (κ2) is 0.920. The van der Waals surface area contributed by atoms with Gasteiger partial charge in [0.25, 0.3) is 0 Å². The average molecular weight is 173 g/mol. The predicted octanol–water partition coefficient (Wildman–Crippen LogP) is 2.18. The Labute approximate surface area is 57.8 Å². The summed E-state index contributed by atoms with van der Waals surface area (Å²) in [6.45, 7) is 0. The number of alkyl halides is 1. The fraction of sp³-hybridized carbons (Fsp3) is 1.00. The summed E-state index contributed by atoms with van der Waals surface area (Å²) in [6.07, 6.45) is 4.56. The highest BCUT2D eigenvalue weighted by molar-refractivity contribution is 9.10. The standard InChI is InChI=1S/C7H9Br/c8-7-2-4-1-5(3-7)6(4)7/h4-6H,1-3H2. The van der Waals surface area contributed by atoms with Crippen LogP contribution >= 0.6 is 15.9 Å². The van der Waals surface area contributed by atoms with Crippen LogP contribution in [-0.2, 0) is 0 Å². The summed E-state index contributed by atoms with van der Waals surface area (Å²) in [5.74, 6) is 3.46. The average Bonchev–Trinajstić information content (AvgIpc) is 1.63. The molecule has 0 aromatic heterocycles. The van der Waals surface area contributed by atoms with Crippen LogP contribution < -0.4 is 0 Å². The van der Waals surface area contributed by atoms with E-state index < -0.39 is 0 Å². The van der Waals surface area contributed by atoms with Gasteiger partial charge in [-0.15, -0.1) is 0 Å². The molecule has 3 fully saturated rings. The van der Waals surface area contributed by atoms with E-state index in [4.69, 9.17) is 0 Å². The molecule has 0 bridgehead atoms. The Hall–Kier alpha value is 0.480. The quantitative estimate of drug-likeness (QED) is 0.492. The van der Waals surface area contributed by atoms with E-state index in [0.29, 0.717) is 4.32 Å². The zero-order valence-corrected chi connectivity index (χ0v) is 6.32. The van der Waals surface area contributed by atoms with E-state index in [1.165, 1.54) is 12.8 Å². The van der Waals surface area contributed by atoms with Crippen LogP contribution in [0.2, 0.25) is 0 Å². The number of hydrogen-bond acceptors (Lipinski definition) is 0. The van der Waals surface area contributed by atoms with E-state index in [1.807, 2.05) is 0 Å². The Morgan fingerprint density at radius 3 is 2.00 bits per heavy atom. The molecule has 0 aromatic rings. The van der Waals surface area contributed by atoms with Gasteiger partial charge in [-0.2, -0.15) is 0 Å². The molecule has 3 aliphatic carbocycles. The lowest BCUT2D eigenvalue weighted by molar-refractivity contribution is -0.162. The molecule has 3 aliphatic rings. The molecule has 1 heteroatoms. The van der Waals surface area contributed by atoms with Crippen LogP contribution in [0.15, 0.2) is 0 Å². The maximum absolute atomic E-state index is 3.79. The number of halogens is 1. The summed E-state index contributed by atoms with van der Waals surface area (Å²) in [5.41, 5.74) is 0. The van der Waals surface area contributed by atoms with E-state index in [0.717, 1.165) is 17.8 Å². The highest BCUT2D eigenvalue weighted by atomic mass is 79.9. The second-order valence-electron chi connectivity index (χ2n) is 3.72. The Kier molecular flexibility index (Phi) is 0.497. The minimum absolute atomic E-state index is 0.695. The van der Waals surface area contributed by atoms with Crippen molar-refractivity contribution in [3.05, 3.63) is 0 Å². The third kappa shape index (κ3) is 0.240. The zero-order valence-electron chi connectivity index (χ0n) is 4.73. The molecular weight excluding hydrogens is 164 g/mol. The van der Waals surface area contributed by atoms with Crippen LogP contribution in [0.3, 0.4) is 0 Å². The molecule has 2 unspecified atom stereocenters. The van der Waals surface area contributed by atoms with Crippen molar-refractivity contribution in [3.8, 4) is 0 Å². The Morgan fingerprint density at radius 2 is 1.88 bits per heavy atom. The van der Waals surface area contributed by atoms with Crippen molar-refractivity contribution in [2.24, 2.45) is 17.8 Å². The summed E-state index contributed by atoms with van der Waals surface area (Å²) in [6, 6.07) is 0. The fourth-order valence-electron chi connectivity index (χ4n) is 3.04. The van der Waals surface area contributed by atoms with Gasteiger partial charge in [0.1, 0.15) is 0 Å². The SMILES string of the molecule is BrC12CC3CC(C1)C32. The smallest absolute Gasteiger partial charge is 0.0297 e. The largest absolute Gasteiger partial charge is 0.0850 e. The molecular formula is C7H9Br. The monoisotopic (exact) mass is 172 g/mol. The van der Waals surface area contributed by atoms with Crippen molar-refractivity contribution in [1.29, 1.82) is 0 Å². The minimum Gasteiger partial charge on any atom is -0.0850 e. The lowest BCUT2D eigenvalue weighted by atomic mass is 9.36. The van der Waals surface area contributed by atoms with Gasteiger partial charge in [0.2, 0.25) is 0 Å². The Balaban J connectivity index is 1.99. The molecule has 0 amide bonds. The lowest BCUT2D eigenvalue weighted by Crippen LogP contribution is -2.70. The molecule has 0 radical (unpaired) electrons. The van der Waals surface area contributed by atoms with Gasteiger partial charge in [-0.05, 0) is 37.0 Å². The van der Waals surface area contributed by atoms with Gasteiger partial charge in [0, 0.05) is 4.32 Å². The van der Waals surface area contributed by atoms with Gasteiger partial charge in [-0.25, -0.2) is 0 Å². The summed E-state index contributed by atoms with van der Waals surface area (Å²) >= 11 is 3.79. The van der Waals surface area contributed by atoms with Crippen LogP contribution in [0, 0.1) is 17.8 Å². The number of rotatable bonds is 0. The van der Waals surface area contributed by atoms with Crippen LogP contribution in [0.5, 0.6) is 0 Å². The summed E-state index contributed by atoms with van der Waals surface area (Å²) in [7, 11) is 0. The molecule has 0 saturated heterocycles. The highest BCUT2D eigenvalue weighted by Gasteiger charge is 2.70. The van der Waals surface area contributed by atoms with Crippen molar-refractivity contribution in [2.45, 2.75) is 23.6 Å². The molecule has 0 aromatic carbocycles. The van der Waals surface area contributed by atoms with E-state index in [1.54, 1.807) is 6.42 Å². The molecule has 3 saturated carbocycles. The topological polar surface area (TPSA) is 0 Å². The van der Waals surface area contributed by atoms with Gasteiger partial charge in [-0.3, -0.25) is 0 Å². The van der Waals surface area contributed by atoms with E-state index in [-0.39, 0.29) is 0 Å². The van der Waals surface area contributed by atoms with Gasteiger partial charge in [-0.1, -0.05) is 15.9 Å². The Bertz CT molecular complexity index is 140. The molecule has 3 rings (SSSR count). The minimum atomic E-state index is 0.695. The van der Waals surface area contributed by atoms with Gasteiger partial charge >= 0.3 is 0 Å². The van der Waals surface area contributed by atoms with Crippen molar-refractivity contribution in [2.75, 3.05) is 0 Å². The first-order valence-corrected chi connectivity index (χ1v) is 4.28. The van der Waals surface area contributed by atoms with Gasteiger partial charge in [0.05, 0.1) is 0 Å². The van der Waals surface area contributed by atoms with E-state index >= 15 is 0 Å². The van der Waals surface area contributed by atoms with Crippen LogP contribution in [0.4, 0.5) is 0 Å². The summed E-state index contributed by atoms with van der Waals surface area (Å²) in [5, 5.41) is 0. The maximum atomic E-state index is 3.79. The number of hydrogen-bond donors (Lipinski definition) is 0. The highest BCUT2D eigenvalue weighted by Crippen LogP contribution is 2.75. The molecule has 0 nitrogen and oxygen atoms in total. The molecule has 0 N–H and O–H groups in total. The van der Waals surface area contributed by atoms with Gasteiger partial charge < -0.3 is 0 Å². The fourth-order valence-corrected chi connectivity index (χ4v) is 4.62. The first kappa shape index (κ1) is 4.32. The normalized spacial score (nSPS) is 73.9.